The first-order chi connectivity index (χ1) is 17.7. The number of fused-ring (bicyclic) bond motifs is 5. The molecule has 7 atom stereocenters. The fraction of sp³-hybridized carbons (Fsp3) is 0.633. The van der Waals surface area contributed by atoms with Crippen LogP contribution >= 0.6 is 0 Å². The van der Waals surface area contributed by atoms with Crippen LogP contribution in [0.25, 0.3) is 0 Å². The summed E-state index contributed by atoms with van der Waals surface area (Å²) in [7, 11) is 0. The summed E-state index contributed by atoms with van der Waals surface area (Å²) >= 11 is 0. The van der Waals surface area contributed by atoms with E-state index in [1.54, 1.807) is 0 Å². The van der Waals surface area contributed by atoms with Crippen LogP contribution in [-0.4, -0.2) is 46.6 Å². The Morgan fingerprint density at radius 3 is 2.62 bits per heavy atom. The quantitative estimate of drug-likeness (QED) is 0.470. The number of allylic oxidation sites excluding steroid dienone is 2. The molecule has 0 bridgehead atoms. The number of hydrogen-bond acceptors (Lipinski definition) is 5. The second-order valence-electron chi connectivity index (χ2n) is 12.1. The summed E-state index contributed by atoms with van der Waals surface area (Å²) in [6.45, 7) is 4.43. The van der Waals surface area contributed by atoms with Crippen LogP contribution in [-0.2, 0) is 20.8 Å². The Morgan fingerprint density at radius 2 is 1.86 bits per heavy atom. The van der Waals surface area contributed by atoms with Crippen molar-refractivity contribution >= 4 is 17.6 Å². The van der Waals surface area contributed by atoms with Gasteiger partial charge in [-0.2, -0.15) is 0 Å². The van der Waals surface area contributed by atoms with Gasteiger partial charge in [-0.25, -0.2) is 4.79 Å². The Labute approximate surface area is 219 Å². The van der Waals surface area contributed by atoms with Crippen molar-refractivity contribution in [1.82, 2.24) is 5.32 Å². The Balaban J connectivity index is 1.18. The third-order valence-electron chi connectivity index (χ3n) is 10.2. The average Bonchev–Trinajstić information content (AvgIpc) is 3.18. The zero-order valence-corrected chi connectivity index (χ0v) is 22.0. The van der Waals surface area contributed by atoms with Crippen LogP contribution in [0.15, 0.2) is 47.1 Å². The lowest BCUT2D eigenvalue weighted by Crippen LogP contribution is -2.51. The minimum atomic E-state index is -1.08. The van der Waals surface area contributed by atoms with Gasteiger partial charge in [0.1, 0.15) is 6.04 Å². The second kappa shape index (κ2) is 10.2. The predicted molar refractivity (Wildman–Crippen MR) is 141 cm³/mol. The van der Waals surface area contributed by atoms with Crippen molar-refractivity contribution in [3.8, 4) is 0 Å². The van der Waals surface area contributed by atoms with Gasteiger partial charge in [0.15, 0.2) is 6.61 Å². The smallest absolute Gasteiger partial charge is 0.326 e. The molecule has 0 aliphatic heterocycles. The molecule has 200 valence electrons. The monoisotopic (exact) mass is 508 g/mol. The molecule has 7 nitrogen and oxygen atoms in total. The molecule has 4 aliphatic rings. The molecule has 3 fully saturated rings. The molecule has 37 heavy (non-hydrogen) atoms. The van der Waals surface area contributed by atoms with E-state index in [0.717, 1.165) is 49.8 Å². The van der Waals surface area contributed by atoms with E-state index in [2.05, 4.69) is 30.4 Å². The van der Waals surface area contributed by atoms with Crippen LogP contribution in [0.4, 0.5) is 0 Å². The van der Waals surface area contributed by atoms with Gasteiger partial charge in [0, 0.05) is 6.42 Å². The molecule has 5 rings (SSSR count). The molecular formula is C30H40N2O5. The van der Waals surface area contributed by atoms with Gasteiger partial charge in [-0.3, -0.25) is 4.79 Å². The number of carbonyl (C=O) groups is 2. The average molecular weight is 509 g/mol. The fourth-order valence-corrected chi connectivity index (χ4v) is 8.08. The topological polar surface area (TPSA) is 108 Å². The highest BCUT2D eigenvalue weighted by Gasteiger charge is 2.58. The maximum absolute atomic E-state index is 12.4. The lowest BCUT2D eigenvalue weighted by atomic mass is 9.47. The molecule has 1 amide bonds. The number of aliphatic carboxylic acids is 1. The van der Waals surface area contributed by atoms with Crippen molar-refractivity contribution in [2.24, 2.45) is 33.7 Å². The van der Waals surface area contributed by atoms with E-state index >= 15 is 0 Å². The highest BCUT2D eigenvalue weighted by Crippen LogP contribution is 2.65. The summed E-state index contributed by atoms with van der Waals surface area (Å²) in [6, 6.07) is 8.21. The number of carboxylic acids is 1. The standard InChI is InChI=1S/C30H40N2O5/c1-29-14-12-21(32-37-18-27(34)31-25(28(35)36)16-19-6-4-3-5-7-19)17-20(29)8-9-22-23-10-11-26(33)30(23,2)15-13-24(22)29/h3-7,17,22-26,33H,8-16,18H2,1-2H3,(H,31,34)(H,35,36)/b32-21-/t22-,23-,24-,25-,26+,29-,30-/m0/s1. The predicted octanol–water partition coefficient (Wildman–Crippen LogP) is 4.49. The third kappa shape index (κ3) is 4.95. The number of rotatable bonds is 7. The van der Waals surface area contributed by atoms with Gasteiger partial charge in [-0.15, -0.1) is 0 Å². The summed E-state index contributed by atoms with van der Waals surface area (Å²) in [5, 5.41) is 27.0. The fourth-order valence-electron chi connectivity index (χ4n) is 8.08. The van der Waals surface area contributed by atoms with Crippen LogP contribution in [0.5, 0.6) is 0 Å². The SMILES string of the molecule is C[C@]12CC[C@H]3[C@@H](CCC4=C/C(=N\OCC(=O)N[C@@H](Cc5ccccc5)C(=O)O)CC[C@@]43C)[C@@H]1CC[C@H]2O. The molecule has 3 N–H and O–H groups in total. The Kier molecular flexibility index (Phi) is 7.18. The van der Waals surface area contributed by atoms with Crippen LogP contribution in [0.3, 0.4) is 0 Å². The van der Waals surface area contributed by atoms with Crippen molar-refractivity contribution in [3.05, 3.63) is 47.5 Å². The van der Waals surface area contributed by atoms with Gasteiger partial charge < -0.3 is 20.4 Å². The van der Waals surface area contributed by atoms with E-state index in [4.69, 9.17) is 4.84 Å². The molecule has 0 heterocycles. The second-order valence-corrected chi connectivity index (χ2v) is 12.1. The number of aliphatic hydroxyl groups is 1. The maximum atomic E-state index is 12.4. The largest absolute Gasteiger partial charge is 0.480 e. The summed E-state index contributed by atoms with van der Waals surface area (Å²) in [6.07, 6.45) is 10.7. The zero-order valence-electron chi connectivity index (χ0n) is 22.0. The van der Waals surface area contributed by atoms with Gasteiger partial charge in [0.25, 0.3) is 5.91 Å². The highest BCUT2D eigenvalue weighted by molar-refractivity contribution is 5.96. The molecule has 0 spiro atoms. The first kappa shape index (κ1) is 26.0. The van der Waals surface area contributed by atoms with Crippen molar-refractivity contribution in [3.63, 3.8) is 0 Å². The van der Waals surface area contributed by atoms with Gasteiger partial charge in [-0.1, -0.05) is 54.9 Å². The summed E-state index contributed by atoms with van der Waals surface area (Å²) in [4.78, 5) is 29.4. The molecule has 7 heteroatoms. The van der Waals surface area contributed by atoms with Crippen LogP contribution < -0.4 is 5.32 Å². The van der Waals surface area contributed by atoms with E-state index < -0.39 is 17.9 Å². The van der Waals surface area contributed by atoms with E-state index in [1.165, 1.54) is 18.4 Å². The van der Waals surface area contributed by atoms with Crippen LogP contribution in [0.2, 0.25) is 0 Å². The maximum Gasteiger partial charge on any atom is 0.326 e. The van der Waals surface area contributed by atoms with Crippen molar-refractivity contribution in [1.29, 1.82) is 0 Å². The number of nitrogens with one attached hydrogen (secondary N) is 1. The molecule has 3 saturated carbocycles. The number of nitrogens with zero attached hydrogens (tertiary/aromatic N) is 1. The zero-order chi connectivity index (χ0) is 26.2. The van der Waals surface area contributed by atoms with Gasteiger partial charge in [0.2, 0.25) is 0 Å². The van der Waals surface area contributed by atoms with Crippen LogP contribution in [0, 0.1) is 28.6 Å². The Bertz CT molecular complexity index is 1080. The Hall–Kier alpha value is -2.67. The number of aliphatic hydroxyl groups excluding tert-OH is 1. The van der Waals surface area contributed by atoms with Gasteiger partial charge >= 0.3 is 5.97 Å². The molecular weight excluding hydrogens is 468 g/mol. The molecule has 0 aromatic heterocycles. The van der Waals surface area contributed by atoms with Crippen molar-refractivity contribution in [2.75, 3.05) is 6.61 Å². The summed E-state index contributed by atoms with van der Waals surface area (Å²) < 4.78 is 0. The van der Waals surface area contributed by atoms with E-state index in [1.807, 2.05) is 30.3 Å². The number of amides is 1. The summed E-state index contributed by atoms with van der Waals surface area (Å²) in [5.74, 6) is 0.403. The number of carbonyl (C=O) groups excluding carboxylic acids is 1. The third-order valence-corrected chi connectivity index (χ3v) is 10.2. The first-order valence-electron chi connectivity index (χ1n) is 13.8. The minimum Gasteiger partial charge on any atom is -0.480 e. The molecule has 1 aromatic carbocycles. The molecule has 0 saturated heterocycles. The number of hydrogen-bond donors (Lipinski definition) is 3. The Morgan fingerprint density at radius 1 is 1.08 bits per heavy atom. The first-order valence-corrected chi connectivity index (χ1v) is 13.8. The normalized spacial score (nSPS) is 36.5. The van der Waals surface area contributed by atoms with Crippen LogP contribution in [0.1, 0.15) is 70.8 Å². The number of oxime groups is 1. The molecule has 1 aromatic rings. The minimum absolute atomic E-state index is 0.0924. The lowest BCUT2D eigenvalue weighted by molar-refractivity contribution is -0.142. The highest BCUT2D eigenvalue weighted by atomic mass is 16.6. The van der Waals surface area contributed by atoms with E-state index in [-0.39, 0.29) is 30.0 Å². The molecule has 0 radical (unpaired) electrons. The number of carboxylic acid groups (broad SMARTS) is 1. The van der Waals surface area contributed by atoms with E-state index in [9.17, 15) is 19.8 Å². The van der Waals surface area contributed by atoms with Gasteiger partial charge in [-0.05, 0) is 91.6 Å². The van der Waals surface area contributed by atoms with Gasteiger partial charge in [0.05, 0.1) is 11.8 Å². The summed E-state index contributed by atoms with van der Waals surface area (Å²) in [5.41, 5.74) is 3.40. The van der Waals surface area contributed by atoms with E-state index in [0.29, 0.717) is 17.8 Å². The molecule has 0 unspecified atom stereocenters. The van der Waals surface area contributed by atoms with Crippen molar-refractivity contribution < 1.29 is 24.6 Å². The number of benzene rings is 1. The molecule has 4 aliphatic carbocycles. The van der Waals surface area contributed by atoms with Crippen molar-refractivity contribution in [2.45, 2.75) is 83.8 Å². The lowest BCUT2D eigenvalue weighted by Gasteiger charge is -2.57.